The van der Waals surface area contributed by atoms with E-state index in [1.165, 1.54) is 0 Å². The van der Waals surface area contributed by atoms with Crippen molar-refractivity contribution < 1.29 is 24.5 Å². The number of ether oxygens (including phenoxy) is 1. The predicted octanol–water partition coefficient (Wildman–Crippen LogP) is -0.217. The summed E-state index contributed by atoms with van der Waals surface area (Å²) < 4.78 is 5.15. The molecular formula is C13H20N2O5. The zero-order chi connectivity index (χ0) is 14.3. The second-order valence-electron chi connectivity index (χ2n) is 5.96. The van der Waals surface area contributed by atoms with Crippen LogP contribution in [0.25, 0.3) is 0 Å². The van der Waals surface area contributed by atoms with Gasteiger partial charge in [0.2, 0.25) is 0 Å². The van der Waals surface area contributed by atoms with Gasteiger partial charge in [-0.15, -0.1) is 0 Å². The highest BCUT2D eigenvalue weighted by atomic mass is 16.5. The van der Waals surface area contributed by atoms with Crippen LogP contribution in [0.4, 0.5) is 4.79 Å². The second kappa shape index (κ2) is 5.21. The molecule has 3 rings (SSSR count). The van der Waals surface area contributed by atoms with Crippen LogP contribution < -0.4 is 5.32 Å². The van der Waals surface area contributed by atoms with Gasteiger partial charge in [-0.3, -0.25) is 4.79 Å². The Labute approximate surface area is 116 Å². The van der Waals surface area contributed by atoms with E-state index >= 15 is 0 Å². The van der Waals surface area contributed by atoms with Gasteiger partial charge in [0.15, 0.2) is 0 Å². The Kier molecular flexibility index (Phi) is 3.55. The van der Waals surface area contributed by atoms with Gasteiger partial charge in [-0.25, -0.2) is 4.79 Å². The summed E-state index contributed by atoms with van der Waals surface area (Å²) in [6.07, 6.45) is 2.75. The molecule has 3 aliphatic rings. The molecule has 7 heteroatoms. The average Bonchev–Trinajstić information content (AvgIpc) is 2.93. The lowest BCUT2D eigenvalue weighted by atomic mass is 10.00. The molecule has 20 heavy (non-hydrogen) atoms. The van der Waals surface area contributed by atoms with E-state index in [1.54, 1.807) is 4.90 Å². The van der Waals surface area contributed by atoms with Gasteiger partial charge in [-0.2, -0.15) is 0 Å². The number of hydrogen-bond acceptors (Lipinski definition) is 4. The van der Waals surface area contributed by atoms with Crippen molar-refractivity contribution in [1.82, 2.24) is 10.2 Å². The molecule has 3 N–H and O–H groups in total. The minimum atomic E-state index is -0.940. The molecule has 0 aromatic rings. The van der Waals surface area contributed by atoms with Crippen molar-refractivity contribution in [3.63, 3.8) is 0 Å². The normalized spacial score (nSPS) is 39.9. The third-order valence-corrected chi connectivity index (χ3v) is 4.65. The van der Waals surface area contributed by atoms with E-state index in [0.29, 0.717) is 12.8 Å². The first-order chi connectivity index (χ1) is 9.56. The molecule has 0 saturated carbocycles. The van der Waals surface area contributed by atoms with Crippen LogP contribution in [0.15, 0.2) is 0 Å². The molecule has 0 aliphatic carbocycles. The second-order valence-corrected chi connectivity index (χ2v) is 5.96. The number of rotatable bonds is 2. The monoisotopic (exact) mass is 284 g/mol. The van der Waals surface area contributed by atoms with Crippen molar-refractivity contribution in [1.29, 1.82) is 0 Å². The molecule has 4 atom stereocenters. The van der Waals surface area contributed by atoms with Gasteiger partial charge >= 0.3 is 12.0 Å². The molecule has 4 unspecified atom stereocenters. The maximum Gasteiger partial charge on any atom is 0.318 e. The summed E-state index contributed by atoms with van der Waals surface area (Å²) in [6.45, 7) is 0.389. The molecular weight excluding hydrogens is 264 g/mol. The van der Waals surface area contributed by atoms with E-state index < -0.39 is 17.9 Å². The number of nitrogens with one attached hydrogen (secondary N) is 1. The van der Waals surface area contributed by atoms with Gasteiger partial charge in [-0.1, -0.05) is 0 Å². The summed E-state index contributed by atoms with van der Waals surface area (Å²) in [4.78, 5) is 25.2. The third kappa shape index (κ3) is 2.35. The van der Waals surface area contributed by atoms with Crippen LogP contribution in [0.3, 0.4) is 0 Å². The summed E-state index contributed by atoms with van der Waals surface area (Å²) in [6, 6.07) is -0.527. The highest BCUT2D eigenvalue weighted by Gasteiger charge is 2.44. The maximum atomic E-state index is 12.4. The first-order valence-electron chi connectivity index (χ1n) is 7.13. The van der Waals surface area contributed by atoms with Crippen molar-refractivity contribution in [3.8, 4) is 0 Å². The summed E-state index contributed by atoms with van der Waals surface area (Å²) >= 11 is 0. The van der Waals surface area contributed by atoms with Crippen molar-refractivity contribution in [2.75, 3.05) is 13.2 Å². The van der Waals surface area contributed by atoms with Crippen molar-refractivity contribution >= 4 is 12.0 Å². The number of amides is 2. The van der Waals surface area contributed by atoms with Gasteiger partial charge in [0.25, 0.3) is 0 Å². The van der Waals surface area contributed by atoms with Gasteiger partial charge in [-0.05, 0) is 25.7 Å². The highest BCUT2D eigenvalue weighted by molar-refractivity contribution is 5.78. The van der Waals surface area contributed by atoms with Crippen LogP contribution >= 0.6 is 0 Å². The van der Waals surface area contributed by atoms with Crippen LogP contribution in [-0.4, -0.2) is 64.6 Å². The van der Waals surface area contributed by atoms with Gasteiger partial charge in [0.05, 0.1) is 25.4 Å². The molecule has 0 aromatic heterocycles. The van der Waals surface area contributed by atoms with Crippen LogP contribution in [0.1, 0.15) is 25.7 Å². The molecule has 112 valence electrons. The Morgan fingerprint density at radius 1 is 1.15 bits per heavy atom. The Bertz CT molecular complexity index is 402. The van der Waals surface area contributed by atoms with Crippen LogP contribution in [0.5, 0.6) is 0 Å². The number of aliphatic hydroxyl groups excluding tert-OH is 1. The van der Waals surface area contributed by atoms with E-state index in [9.17, 15) is 14.7 Å². The van der Waals surface area contributed by atoms with Crippen molar-refractivity contribution in [2.45, 2.75) is 49.9 Å². The van der Waals surface area contributed by atoms with Crippen molar-refractivity contribution in [2.24, 2.45) is 5.92 Å². The summed E-state index contributed by atoms with van der Waals surface area (Å²) in [7, 11) is 0. The number of nitrogens with zero attached hydrogens (tertiary/aromatic N) is 1. The maximum absolute atomic E-state index is 12.4. The van der Waals surface area contributed by atoms with Crippen LogP contribution in [0.2, 0.25) is 0 Å². The predicted molar refractivity (Wildman–Crippen MR) is 68.2 cm³/mol. The quantitative estimate of drug-likeness (QED) is 0.651. The fraction of sp³-hybridized carbons (Fsp3) is 0.846. The van der Waals surface area contributed by atoms with Crippen molar-refractivity contribution in [3.05, 3.63) is 0 Å². The summed E-state index contributed by atoms with van der Waals surface area (Å²) in [5, 5.41) is 21.6. The number of carbonyl (C=O) groups is 2. The molecule has 2 bridgehead atoms. The van der Waals surface area contributed by atoms with E-state index in [1.807, 2.05) is 0 Å². The molecule has 7 nitrogen and oxygen atoms in total. The zero-order valence-electron chi connectivity index (χ0n) is 11.2. The van der Waals surface area contributed by atoms with E-state index in [4.69, 9.17) is 9.84 Å². The smallest absolute Gasteiger partial charge is 0.318 e. The Hall–Kier alpha value is -1.34. The number of hydrogen-bond donors (Lipinski definition) is 3. The largest absolute Gasteiger partial charge is 0.481 e. The molecule has 3 saturated heterocycles. The summed E-state index contributed by atoms with van der Waals surface area (Å²) in [5.74, 6) is -1.61. The molecule has 0 radical (unpaired) electrons. The number of carboxylic acids is 1. The Morgan fingerprint density at radius 2 is 1.80 bits per heavy atom. The Balaban J connectivity index is 1.64. The Morgan fingerprint density at radius 3 is 2.40 bits per heavy atom. The van der Waals surface area contributed by atoms with Crippen LogP contribution in [0, 0.1) is 5.92 Å². The molecule has 3 heterocycles. The zero-order valence-corrected chi connectivity index (χ0v) is 11.2. The van der Waals surface area contributed by atoms with Gasteiger partial charge in [0, 0.05) is 12.1 Å². The summed E-state index contributed by atoms with van der Waals surface area (Å²) in [5.41, 5.74) is 0. The fourth-order valence-electron chi connectivity index (χ4n) is 3.65. The number of piperidine rings is 1. The number of carbonyl (C=O) groups excluding carboxylic acids is 1. The first-order valence-corrected chi connectivity index (χ1v) is 7.13. The lowest BCUT2D eigenvalue weighted by molar-refractivity contribution is -0.142. The van der Waals surface area contributed by atoms with E-state index in [-0.39, 0.29) is 37.4 Å². The van der Waals surface area contributed by atoms with E-state index in [0.717, 1.165) is 12.8 Å². The number of fused-ring (bicyclic) bond motifs is 2. The number of aliphatic carboxylic acids is 1. The fourth-order valence-corrected chi connectivity index (χ4v) is 3.65. The van der Waals surface area contributed by atoms with Gasteiger partial charge in [0.1, 0.15) is 5.92 Å². The lowest BCUT2D eigenvalue weighted by Gasteiger charge is -2.37. The topological polar surface area (TPSA) is 99.1 Å². The lowest BCUT2D eigenvalue weighted by Crippen LogP contribution is -2.55. The molecule has 0 aromatic carbocycles. The molecule has 3 fully saturated rings. The number of aliphatic hydroxyl groups is 1. The highest BCUT2D eigenvalue weighted by Crippen LogP contribution is 2.35. The molecule has 0 spiro atoms. The third-order valence-electron chi connectivity index (χ3n) is 4.65. The first kappa shape index (κ1) is 13.6. The minimum absolute atomic E-state index is 0.0781. The molecule has 2 amide bonds. The minimum Gasteiger partial charge on any atom is -0.481 e. The number of carboxylic acid groups (broad SMARTS) is 1. The number of urea groups is 1. The van der Waals surface area contributed by atoms with Gasteiger partial charge < -0.3 is 25.2 Å². The SMILES string of the molecule is O=C(O)C1COCC1NC(=O)N1C2CCC1CC(O)C2. The molecule has 3 aliphatic heterocycles. The van der Waals surface area contributed by atoms with Crippen LogP contribution in [-0.2, 0) is 9.53 Å². The van der Waals surface area contributed by atoms with E-state index in [2.05, 4.69) is 5.32 Å². The average molecular weight is 284 g/mol. The standard InChI is InChI=1S/C13H20N2O5/c16-9-3-7-1-2-8(4-9)15(7)13(19)14-11-6-20-5-10(11)12(17)18/h7-11,16H,1-6H2,(H,14,19)(H,17,18).